The lowest BCUT2D eigenvalue weighted by Crippen LogP contribution is -2.05. The Hall–Kier alpha value is -1.08. The van der Waals surface area contributed by atoms with E-state index in [4.69, 9.17) is 11.6 Å². The highest BCUT2D eigenvalue weighted by Gasteiger charge is 2.17. The van der Waals surface area contributed by atoms with Crippen molar-refractivity contribution in [2.75, 3.05) is 0 Å². The van der Waals surface area contributed by atoms with Crippen LogP contribution in [0.3, 0.4) is 0 Å². The zero-order chi connectivity index (χ0) is 13.0. The SMILES string of the molecule is CC(=O)C=Cc1ccc(C2CCCCC2)c(Cl)c1. The molecule has 1 aliphatic rings. The highest BCUT2D eigenvalue weighted by molar-refractivity contribution is 6.31. The minimum Gasteiger partial charge on any atom is -0.295 e. The Kier molecular flexibility index (Phi) is 4.60. The molecule has 1 aliphatic carbocycles. The fourth-order valence-corrected chi connectivity index (χ4v) is 2.95. The number of rotatable bonds is 3. The number of benzene rings is 1. The lowest BCUT2D eigenvalue weighted by atomic mass is 9.84. The Morgan fingerprint density at radius 1 is 1.28 bits per heavy atom. The number of ketones is 1. The summed E-state index contributed by atoms with van der Waals surface area (Å²) >= 11 is 6.36. The molecule has 0 N–H and O–H groups in total. The monoisotopic (exact) mass is 262 g/mol. The van der Waals surface area contributed by atoms with Crippen LogP contribution in [0.25, 0.3) is 6.08 Å². The molecule has 0 unspecified atom stereocenters. The quantitative estimate of drug-likeness (QED) is 0.702. The highest BCUT2D eigenvalue weighted by Crippen LogP contribution is 2.36. The third-order valence-corrected chi connectivity index (χ3v) is 3.91. The van der Waals surface area contributed by atoms with E-state index in [1.807, 2.05) is 12.1 Å². The number of hydrogen-bond acceptors (Lipinski definition) is 1. The van der Waals surface area contributed by atoms with E-state index >= 15 is 0 Å². The predicted molar refractivity (Wildman–Crippen MR) is 77.0 cm³/mol. The summed E-state index contributed by atoms with van der Waals surface area (Å²) in [6, 6.07) is 6.14. The van der Waals surface area contributed by atoms with Crippen LogP contribution < -0.4 is 0 Å². The molecular weight excluding hydrogens is 244 g/mol. The molecule has 18 heavy (non-hydrogen) atoms. The van der Waals surface area contributed by atoms with Gasteiger partial charge in [0.2, 0.25) is 0 Å². The second-order valence-corrected chi connectivity index (χ2v) is 5.47. The van der Waals surface area contributed by atoms with Gasteiger partial charge in [-0.05, 0) is 49.0 Å². The smallest absolute Gasteiger partial charge is 0.152 e. The van der Waals surface area contributed by atoms with Gasteiger partial charge >= 0.3 is 0 Å². The van der Waals surface area contributed by atoms with E-state index in [1.54, 1.807) is 13.0 Å². The van der Waals surface area contributed by atoms with Gasteiger partial charge in [0.15, 0.2) is 5.78 Å². The first-order chi connectivity index (χ1) is 8.66. The van der Waals surface area contributed by atoms with Crippen LogP contribution in [0.1, 0.15) is 56.1 Å². The molecule has 0 radical (unpaired) electrons. The van der Waals surface area contributed by atoms with Crippen molar-refractivity contribution < 1.29 is 4.79 Å². The number of halogens is 1. The summed E-state index contributed by atoms with van der Waals surface area (Å²) in [6.07, 6.45) is 9.88. The zero-order valence-electron chi connectivity index (χ0n) is 10.8. The third kappa shape index (κ3) is 3.46. The average Bonchev–Trinajstić information content (AvgIpc) is 2.37. The maximum Gasteiger partial charge on any atom is 0.152 e. The summed E-state index contributed by atoms with van der Waals surface area (Å²) in [7, 11) is 0. The molecule has 0 spiro atoms. The van der Waals surface area contributed by atoms with Gasteiger partial charge in [0.1, 0.15) is 0 Å². The lowest BCUT2D eigenvalue weighted by molar-refractivity contribution is -0.112. The molecular formula is C16H19ClO. The van der Waals surface area contributed by atoms with Crippen molar-refractivity contribution in [2.45, 2.75) is 44.9 Å². The van der Waals surface area contributed by atoms with Crippen molar-refractivity contribution in [1.82, 2.24) is 0 Å². The molecule has 0 aromatic heterocycles. The molecule has 2 rings (SSSR count). The van der Waals surface area contributed by atoms with Crippen LogP contribution >= 0.6 is 11.6 Å². The number of carbonyl (C=O) groups excluding carboxylic acids is 1. The van der Waals surface area contributed by atoms with Crippen LogP contribution in [0.15, 0.2) is 24.3 Å². The third-order valence-electron chi connectivity index (χ3n) is 3.58. The maximum atomic E-state index is 10.9. The molecule has 0 heterocycles. The molecule has 1 aromatic rings. The molecule has 0 saturated heterocycles. The van der Waals surface area contributed by atoms with Crippen LogP contribution in [0.2, 0.25) is 5.02 Å². The van der Waals surface area contributed by atoms with Crippen molar-refractivity contribution in [2.24, 2.45) is 0 Å². The molecule has 0 bridgehead atoms. The highest BCUT2D eigenvalue weighted by atomic mass is 35.5. The predicted octanol–water partition coefficient (Wildman–Crippen LogP) is 4.99. The fourth-order valence-electron chi connectivity index (χ4n) is 2.61. The molecule has 0 amide bonds. The number of hydrogen-bond donors (Lipinski definition) is 0. The topological polar surface area (TPSA) is 17.1 Å². The summed E-state index contributed by atoms with van der Waals surface area (Å²) in [5.74, 6) is 0.680. The molecule has 1 aromatic carbocycles. The van der Waals surface area contributed by atoms with Crippen molar-refractivity contribution in [3.8, 4) is 0 Å². The second-order valence-electron chi connectivity index (χ2n) is 5.06. The van der Waals surface area contributed by atoms with Crippen LogP contribution in [0.5, 0.6) is 0 Å². The van der Waals surface area contributed by atoms with Crippen molar-refractivity contribution >= 4 is 23.5 Å². The zero-order valence-corrected chi connectivity index (χ0v) is 11.5. The first-order valence-corrected chi connectivity index (χ1v) is 7.02. The summed E-state index contributed by atoms with van der Waals surface area (Å²) in [5.41, 5.74) is 2.27. The van der Waals surface area contributed by atoms with E-state index in [-0.39, 0.29) is 5.78 Å². The van der Waals surface area contributed by atoms with Gasteiger partial charge in [-0.15, -0.1) is 0 Å². The van der Waals surface area contributed by atoms with Crippen LogP contribution in [-0.4, -0.2) is 5.78 Å². The molecule has 96 valence electrons. The Labute approximate surface area is 114 Å². The van der Waals surface area contributed by atoms with Crippen molar-refractivity contribution in [3.05, 3.63) is 40.4 Å². The largest absolute Gasteiger partial charge is 0.295 e. The van der Waals surface area contributed by atoms with Crippen LogP contribution in [0, 0.1) is 0 Å². The van der Waals surface area contributed by atoms with Gasteiger partial charge in [0.05, 0.1) is 0 Å². The van der Waals surface area contributed by atoms with Gasteiger partial charge in [0.25, 0.3) is 0 Å². The molecule has 0 atom stereocenters. The van der Waals surface area contributed by atoms with Gasteiger partial charge < -0.3 is 0 Å². The Morgan fingerprint density at radius 3 is 2.61 bits per heavy atom. The Bertz CT molecular complexity index is 456. The summed E-state index contributed by atoms with van der Waals surface area (Å²) in [6.45, 7) is 1.55. The van der Waals surface area contributed by atoms with Gasteiger partial charge in [-0.3, -0.25) is 4.79 Å². The van der Waals surface area contributed by atoms with E-state index in [2.05, 4.69) is 12.1 Å². The molecule has 0 aliphatic heterocycles. The first-order valence-electron chi connectivity index (χ1n) is 6.65. The maximum absolute atomic E-state index is 10.9. The van der Waals surface area contributed by atoms with Crippen LogP contribution in [0.4, 0.5) is 0 Å². The Morgan fingerprint density at radius 2 is 2.00 bits per heavy atom. The van der Waals surface area contributed by atoms with E-state index in [0.29, 0.717) is 5.92 Å². The Balaban J connectivity index is 2.16. The molecule has 1 fully saturated rings. The van der Waals surface area contributed by atoms with Gasteiger partial charge in [-0.25, -0.2) is 0 Å². The molecule has 2 heteroatoms. The molecule has 1 saturated carbocycles. The van der Waals surface area contributed by atoms with Gasteiger partial charge in [0, 0.05) is 5.02 Å². The first kappa shape index (κ1) is 13.4. The van der Waals surface area contributed by atoms with E-state index in [1.165, 1.54) is 37.7 Å². The standard InChI is InChI=1S/C16H19ClO/c1-12(18)7-8-13-9-10-15(16(17)11-13)14-5-3-2-4-6-14/h7-11,14H,2-6H2,1H3. The normalized spacial score (nSPS) is 17.2. The van der Waals surface area contributed by atoms with E-state index < -0.39 is 0 Å². The van der Waals surface area contributed by atoms with Crippen LogP contribution in [-0.2, 0) is 4.79 Å². The fraction of sp³-hybridized carbons (Fsp3) is 0.438. The average molecular weight is 263 g/mol. The van der Waals surface area contributed by atoms with Crippen molar-refractivity contribution in [3.63, 3.8) is 0 Å². The second kappa shape index (κ2) is 6.19. The summed E-state index contributed by atoms with van der Waals surface area (Å²) in [5, 5.41) is 0.840. The van der Waals surface area contributed by atoms with E-state index in [9.17, 15) is 4.79 Å². The van der Waals surface area contributed by atoms with E-state index in [0.717, 1.165) is 10.6 Å². The minimum absolute atomic E-state index is 0.0579. The lowest BCUT2D eigenvalue weighted by Gasteiger charge is -2.23. The van der Waals surface area contributed by atoms with Gasteiger partial charge in [-0.2, -0.15) is 0 Å². The summed E-state index contributed by atoms with van der Waals surface area (Å²) in [4.78, 5) is 10.9. The minimum atomic E-state index is 0.0579. The van der Waals surface area contributed by atoms with Crippen molar-refractivity contribution in [1.29, 1.82) is 0 Å². The van der Waals surface area contributed by atoms with Gasteiger partial charge in [-0.1, -0.05) is 49.1 Å². The number of carbonyl (C=O) groups is 1. The molecule has 1 nitrogen and oxygen atoms in total. The number of allylic oxidation sites excluding steroid dienone is 1. The summed E-state index contributed by atoms with van der Waals surface area (Å²) < 4.78 is 0.